The Morgan fingerprint density at radius 1 is 0.917 bits per heavy atom. The molecule has 0 saturated heterocycles. The second-order valence-corrected chi connectivity index (χ2v) is 5.44. The molecule has 0 spiro atoms. The molecule has 24 heavy (non-hydrogen) atoms. The van der Waals surface area contributed by atoms with Gasteiger partial charge >= 0.3 is 0 Å². The summed E-state index contributed by atoms with van der Waals surface area (Å²) >= 11 is 0. The lowest BCUT2D eigenvalue weighted by Gasteiger charge is -2.13. The molecule has 0 amide bonds. The van der Waals surface area contributed by atoms with Gasteiger partial charge in [-0.1, -0.05) is 49.8 Å². The lowest BCUT2D eigenvalue weighted by Crippen LogP contribution is -2.06. The third-order valence-electron chi connectivity index (χ3n) is 3.63. The van der Waals surface area contributed by atoms with Gasteiger partial charge in [-0.15, -0.1) is 0 Å². The summed E-state index contributed by atoms with van der Waals surface area (Å²) in [6, 6.07) is 16.9. The first-order valence-corrected chi connectivity index (χ1v) is 8.57. The van der Waals surface area contributed by atoms with E-state index >= 15 is 0 Å². The molecule has 2 nitrogen and oxygen atoms in total. The van der Waals surface area contributed by atoms with E-state index in [1.54, 1.807) is 0 Å². The highest BCUT2D eigenvalue weighted by Crippen LogP contribution is 2.15. The third kappa shape index (κ3) is 5.62. The Morgan fingerprint density at radius 2 is 1.58 bits per heavy atom. The smallest absolute Gasteiger partial charge is 0.0456 e. The number of fused-ring (bicyclic) bond motifs is 1. The van der Waals surface area contributed by atoms with Crippen LogP contribution in [0.4, 0.5) is 5.69 Å². The zero-order valence-electron chi connectivity index (χ0n) is 15.8. The number of hydrogen-bond acceptors (Lipinski definition) is 1. The Hall–Kier alpha value is -2.48. The first-order chi connectivity index (χ1) is 11.6. The zero-order chi connectivity index (χ0) is 17.9. The van der Waals surface area contributed by atoms with Gasteiger partial charge < -0.3 is 9.88 Å². The average molecular weight is 322 g/mol. The normalized spacial score (nSPS) is 9.92. The van der Waals surface area contributed by atoms with Crippen LogP contribution < -0.4 is 4.90 Å². The summed E-state index contributed by atoms with van der Waals surface area (Å²) in [5.74, 6) is 0. The topological polar surface area (TPSA) is 19.0 Å². The molecule has 0 aliphatic heterocycles. The van der Waals surface area contributed by atoms with Gasteiger partial charge in [-0.2, -0.15) is 0 Å². The lowest BCUT2D eigenvalue weighted by molar-refractivity contribution is 1.19. The van der Waals surface area contributed by atoms with Crippen molar-refractivity contribution >= 4 is 16.6 Å². The molecule has 2 heteroatoms. The van der Waals surface area contributed by atoms with Gasteiger partial charge in [-0.25, -0.2) is 0 Å². The standard InChI is InChI=1S/C11H15N.C9H9N.C2H6/c1-4-9-12(3)11-7-5-10(2)6-8-11;1-7-3-2-4-9-8(7)5-6-10-9;1-2/h4-9H,1-3H3;2-6,10H,1H3;1-2H3/b9-4-;;. The SMILES string of the molecule is C/C=C\N(C)c1ccc(C)cc1.CC.Cc1cccc2[nH]ccc12. The molecule has 0 aliphatic rings. The van der Waals surface area contributed by atoms with E-state index in [2.05, 4.69) is 72.3 Å². The predicted molar refractivity (Wildman–Crippen MR) is 109 cm³/mol. The number of rotatable bonds is 2. The van der Waals surface area contributed by atoms with Crippen molar-refractivity contribution in [2.75, 3.05) is 11.9 Å². The largest absolute Gasteiger partial charge is 0.361 e. The summed E-state index contributed by atoms with van der Waals surface area (Å²) in [6.45, 7) is 10.2. The molecule has 0 saturated carbocycles. The van der Waals surface area contributed by atoms with Gasteiger partial charge in [0.2, 0.25) is 0 Å². The van der Waals surface area contributed by atoms with Gasteiger partial charge in [0.25, 0.3) is 0 Å². The highest BCUT2D eigenvalue weighted by molar-refractivity contribution is 5.82. The molecule has 0 unspecified atom stereocenters. The van der Waals surface area contributed by atoms with Crippen LogP contribution in [0.1, 0.15) is 31.9 Å². The molecular formula is C22H30N2. The van der Waals surface area contributed by atoms with Crippen LogP contribution in [0.5, 0.6) is 0 Å². The van der Waals surface area contributed by atoms with Crippen molar-refractivity contribution in [3.63, 3.8) is 0 Å². The maximum absolute atomic E-state index is 3.16. The number of allylic oxidation sites excluding steroid dienone is 1. The first-order valence-electron chi connectivity index (χ1n) is 8.57. The van der Waals surface area contributed by atoms with Gasteiger partial charge in [-0.05, 0) is 56.8 Å². The Morgan fingerprint density at radius 3 is 2.17 bits per heavy atom. The number of H-pyrrole nitrogens is 1. The van der Waals surface area contributed by atoms with E-state index in [0.29, 0.717) is 0 Å². The van der Waals surface area contributed by atoms with Crippen LogP contribution in [0.2, 0.25) is 0 Å². The maximum atomic E-state index is 3.16. The van der Waals surface area contributed by atoms with Gasteiger partial charge in [-0.3, -0.25) is 0 Å². The summed E-state index contributed by atoms with van der Waals surface area (Å²) < 4.78 is 0. The summed E-state index contributed by atoms with van der Waals surface area (Å²) in [7, 11) is 2.05. The number of hydrogen-bond donors (Lipinski definition) is 1. The fourth-order valence-corrected chi connectivity index (χ4v) is 2.33. The molecule has 0 aliphatic carbocycles. The minimum atomic E-state index is 1.22. The van der Waals surface area contributed by atoms with Gasteiger partial charge in [0, 0.05) is 29.8 Å². The van der Waals surface area contributed by atoms with E-state index in [9.17, 15) is 0 Å². The molecular weight excluding hydrogens is 292 g/mol. The van der Waals surface area contributed by atoms with Crippen molar-refractivity contribution < 1.29 is 0 Å². The van der Waals surface area contributed by atoms with Crippen molar-refractivity contribution in [2.24, 2.45) is 0 Å². The van der Waals surface area contributed by atoms with Crippen LogP contribution in [0.25, 0.3) is 10.9 Å². The number of nitrogens with one attached hydrogen (secondary N) is 1. The number of anilines is 1. The Labute approximate surface area is 146 Å². The fourth-order valence-electron chi connectivity index (χ4n) is 2.33. The number of nitrogens with zero attached hydrogens (tertiary/aromatic N) is 1. The van der Waals surface area contributed by atoms with E-state index in [1.165, 1.54) is 27.7 Å². The molecule has 0 atom stereocenters. The Kier molecular flexibility index (Phi) is 8.42. The van der Waals surface area contributed by atoms with Gasteiger partial charge in [0.15, 0.2) is 0 Å². The number of aromatic amines is 1. The van der Waals surface area contributed by atoms with Gasteiger partial charge in [0.1, 0.15) is 0 Å². The van der Waals surface area contributed by atoms with Crippen molar-refractivity contribution in [3.05, 3.63) is 78.1 Å². The van der Waals surface area contributed by atoms with Crippen molar-refractivity contribution in [1.82, 2.24) is 4.98 Å². The summed E-state index contributed by atoms with van der Waals surface area (Å²) in [5, 5.41) is 1.32. The zero-order valence-corrected chi connectivity index (χ0v) is 15.8. The quantitative estimate of drug-likeness (QED) is 0.573. The monoisotopic (exact) mass is 322 g/mol. The minimum Gasteiger partial charge on any atom is -0.361 e. The Bertz CT molecular complexity index is 736. The van der Waals surface area contributed by atoms with Crippen LogP contribution in [0.15, 0.2) is 67.0 Å². The number of aromatic nitrogens is 1. The first kappa shape index (κ1) is 19.6. The minimum absolute atomic E-state index is 1.22. The molecule has 2 aromatic carbocycles. The molecule has 1 N–H and O–H groups in total. The van der Waals surface area contributed by atoms with Crippen LogP contribution in [0.3, 0.4) is 0 Å². The number of benzene rings is 2. The molecule has 3 rings (SSSR count). The van der Waals surface area contributed by atoms with Crippen molar-refractivity contribution in [2.45, 2.75) is 34.6 Å². The van der Waals surface area contributed by atoms with Gasteiger partial charge in [0.05, 0.1) is 0 Å². The van der Waals surface area contributed by atoms with E-state index < -0.39 is 0 Å². The third-order valence-corrected chi connectivity index (χ3v) is 3.63. The molecule has 1 heterocycles. The lowest BCUT2D eigenvalue weighted by atomic mass is 10.1. The highest BCUT2D eigenvalue weighted by atomic mass is 15.1. The van der Waals surface area contributed by atoms with Crippen LogP contribution in [-0.2, 0) is 0 Å². The molecule has 3 aromatic rings. The fraction of sp³-hybridized carbons (Fsp3) is 0.273. The average Bonchev–Trinajstić information content (AvgIpc) is 3.08. The van der Waals surface area contributed by atoms with Crippen LogP contribution in [0, 0.1) is 13.8 Å². The molecule has 0 bridgehead atoms. The summed E-state index contributed by atoms with van der Waals surface area (Å²) in [5.41, 5.74) is 5.07. The summed E-state index contributed by atoms with van der Waals surface area (Å²) in [6.07, 6.45) is 6.04. The molecule has 128 valence electrons. The second kappa shape index (κ2) is 10.3. The Balaban J connectivity index is 0.000000220. The molecule has 1 aromatic heterocycles. The predicted octanol–water partition coefficient (Wildman–Crippen LogP) is 6.47. The maximum Gasteiger partial charge on any atom is 0.0456 e. The van der Waals surface area contributed by atoms with E-state index in [0.717, 1.165) is 0 Å². The van der Waals surface area contributed by atoms with Crippen LogP contribution in [-0.4, -0.2) is 12.0 Å². The summed E-state index contributed by atoms with van der Waals surface area (Å²) in [4.78, 5) is 5.26. The second-order valence-electron chi connectivity index (χ2n) is 5.44. The van der Waals surface area contributed by atoms with Crippen LogP contribution >= 0.6 is 0 Å². The highest BCUT2D eigenvalue weighted by Gasteiger charge is 1.94. The molecule has 0 radical (unpaired) electrons. The van der Waals surface area contributed by atoms with Crippen molar-refractivity contribution in [1.29, 1.82) is 0 Å². The van der Waals surface area contributed by atoms with Crippen molar-refractivity contribution in [3.8, 4) is 0 Å². The van der Waals surface area contributed by atoms with E-state index in [4.69, 9.17) is 0 Å². The molecule has 0 fully saturated rings. The van der Waals surface area contributed by atoms with E-state index in [1.807, 2.05) is 46.3 Å². The number of aryl methyl sites for hydroxylation is 2. The van der Waals surface area contributed by atoms with E-state index in [-0.39, 0.29) is 0 Å².